The highest BCUT2D eigenvalue weighted by atomic mass is 16.3. The molecule has 2 N–H and O–H groups in total. The SMILES string of the molecule is CC(C)=CCC/C(C)=C/C=C/C(C)=C/C=C/C(C)=C/C=C/C=C(C)/C=C/C=C(C)/C=C/[C@H](O)[C@@](C)(O)CCC=C(C)C. The molecule has 0 unspecified atom stereocenters. The van der Waals surface area contributed by atoms with Gasteiger partial charge in [-0.1, -0.05) is 142 Å². The Bertz CT molecular complexity index is 1170. The fraction of sp³-hybridized carbons (Fsp3) is 0.400. The van der Waals surface area contributed by atoms with Crippen molar-refractivity contribution in [1.82, 2.24) is 0 Å². The first-order chi connectivity index (χ1) is 19.7. The second-order valence-corrected chi connectivity index (χ2v) is 11.9. The van der Waals surface area contributed by atoms with Crippen LogP contribution >= 0.6 is 0 Å². The Hall–Kier alpha value is -3.20. The smallest absolute Gasteiger partial charge is 0.101 e. The van der Waals surface area contributed by atoms with E-state index in [2.05, 4.69) is 102 Å². The second-order valence-electron chi connectivity index (χ2n) is 11.9. The van der Waals surface area contributed by atoms with E-state index in [0.717, 1.165) is 30.4 Å². The quantitative estimate of drug-likeness (QED) is 0.135. The van der Waals surface area contributed by atoms with E-state index < -0.39 is 11.7 Å². The highest BCUT2D eigenvalue weighted by Gasteiger charge is 2.27. The average Bonchev–Trinajstić information content (AvgIpc) is 2.89. The molecule has 230 valence electrons. The lowest BCUT2D eigenvalue weighted by molar-refractivity contribution is -0.0427. The Balaban J connectivity index is 4.81. The van der Waals surface area contributed by atoms with Gasteiger partial charge in [0, 0.05) is 0 Å². The summed E-state index contributed by atoms with van der Waals surface area (Å²) in [6.07, 6.45) is 37.5. The first-order valence-corrected chi connectivity index (χ1v) is 15.1. The van der Waals surface area contributed by atoms with E-state index >= 15 is 0 Å². The predicted molar refractivity (Wildman–Crippen MR) is 188 cm³/mol. The van der Waals surface area contributed by atoms with Gasteiger partial charge in [0.2, 0.25) is 0 Å². The van der Waals surface area contributed by atoms with E-state index in [9.17, 15) is 10.2 Å². The number of hydrogen-bond donors (Lipinski definition) is 2. The first kappa shape index (κ1) is 38.8. The van der Waals surface area contributed by atoms with Crippen LogP contribution in [0.2, 0.25) is 0 Å². The fourth-order valence-electron chi connectivity index (χ4n) is 3.63. The molecule has 0 saturated heterocycles. The minimum absolute atomic E-state index is 0.513. The summed E-state index contributed by atoms with van der Waals surface area (Å²) in [5, 5.41) is 20.9. The van der Waals surface area contributed by atoms with Crippen molar-refractivity contribution in [1.29, 1.82) is 0 Å². The molecule has 0 heterocycles. The third-order valence-corrected chi connectivity index (χ3v) is 6.48. The highest BCUT2D eigenvalue weighted by Crippen LogP contribution is 2.19. The van der Waals surface area contributed by atoms with Crippen LogP contribution in [-0.2, 0) is 0 Å². The molecular formula is C40H58O2. The van der Waals surface area contributed by atoms with Crippen molar-refractivity contribution >= 4 is 0 Å². The molecule has 0 aliphatic carbocycles. The Kier molecular flexibility index (Phi) is 20.7. The Labute approximate surface area is 258 Å². The van der Waals surface area contributed by atoms with Gasteiger partial charge < -0.3 is 10.2 Å². The molecule has 2 nitrogen and oxygen atoms in total. The molecule has 0 radical (unpaired) electrons. The van der Waals surface area contributed by atoms with Gasteiger partial charge in [-0.25, -0.2) is 0 Å². The zero-order valence-electron chi connectivity index (χ0n) is 28.1. The number of allylic oxidation sites excluding steroid dienone is 23. The molecule has 0 aliphatic rings. The number of aliphatic hydroxyl groups excluding tert-OH is 1. The van der Waals surface area contributed by atoms with Crippen LogP contribution < -0.4 is 0 Å². The lowest BCUT2D eigenvalue weighted by Gasteiger charge is -2.26. The van der Waals surface area contributed by atoms with Crippen LogP contribution in [0, 0.1) is 0 Å². The van der Waals surface area contributed by atoms with Gasteiger partial charge in [-0.05, 0) is 94.9 Å². The monoisotopic (exact) mass is 570 g/mol. The predicted octanol–water partition coefficient (Wildman–Crippen LogP) is 11.1. The van der Waals surface area contributed by atoms with E-state index in [4.69, 9.17) is 0 Å². The molecule has 0 bridgehead atoms. The maximum absolute atomic E-state index is 10.5. The minimum Gasteiger partial charge on any atom is -0.387 e. The van der Waals surface area contributed by atoms with Crippen molar-refractivity contribution < 1.29 is 10.2 Å². The first-order valence-electron chi connectivity index (χ1n) is 15.1. The molecule has 0 spiro atoms. The third kappa shape index (κ3) is 22.5. The van der Waals surface area contributed by atoms with Gasteiger partial charge in [0.05, 0.1) is 5.60 Å². The molecule has 0 aromatic heterocycles. The largest absolute Gasteiger partial charge is 0.387 e. The van der Waals surface area contributed by atoms with Crippen molar-refractivity contribution in [2.75, 3.05) is 0 Å². The summed E-state index contributed by atoms with van der Waals surface area (Å²) < 4.78 is 0. The molecule has 42 heavy (non-hydrogen) atoms. The lowest BCUT2D eigenvalue weighted by Crippen LogP contribution is -2.37. The molecular weight excluding hydrogens is 512 g/mol. The fourth-order valence-corrected chi connectivity index (χ4v) is 3.63. The van der Waals surface area contributed by atoms with Gasteiger partial charge in [-0.15, -0.1) is 0 Å². The lowest BCUT2D eigenvalue weighted by atomic mass is 9.92. The van der Waals surface area contributed by atoms with Crippen LogP contribution in [0.15, 0.2) is 142 Å². The van der Waals surface area contributed by atoms with E-state index in [0.29, 0.717) is 6.42 Å². The summed E-state index contributed by atoms with van der Waals surface area (Å²) in [5.74, 6) is 0. The number of hydrogen-bond acceptors (Lipinski definition) is 2. The standard InChI is InChI=1S/C40H58O2/c1-32(2)18-13-22-36(7)25-15-27-37(8)26-14-23-34(5)20-11-12-21-35(6)24-16-28-38(9)29-30-39(41)40(10,42)31-17-19-33(3)4/h11-12,14-16,18-21,23-30,39,41-42H,13,17,22,31H2,1-10H3/b12-11+,23-14+,24-16+,27-15+,30-29+,34-20+,35-21+,36-25+,37-26+,38-28+/t39-,40-/m0/s1. The van der Waals surface area contributed by atoms with Crippen molar-refractivity contribution in [2.24, 2.45) is 0 Å². The zero-order valence-corrected chi connectivity index (χ0v) is 28.1. The van der Waals surface area contributed by atoms with Gasteiger partial charge in [-0.2, -0.15) is 0 Å². The van der Waals surface area contributed by atoms with Crippen LogP contribution in [-0.4, -0.2) is 21.9 Å². The summed E-state index contributed by atoms with van der Waals surface area (Å²) in [4.78, 5) is 0. The molecule has 0 aromatic rings. The molecule has 0 fully saturated rings. The normalized spacial score (nSPS) is 16.8. The molecule has 2 atom stereocenters. The van der Waals surface area contributed by atoms with Crippen molar-refractivity contribution in [3.63, 3.8) is 0 Å². The molecule has 0 amide bonds. The van der Waals surface area contributed by atoms with Crippen molar-refractivity contribution in [2.45, 2.75) is 107 Å². The van der Waals surface area contributed by atoms with Gasteiger partial charge in [0.1, 0.15) is 6.10 Å². The van der Waals surface area contributed by atoms with Crippen LogP contribution in [0.4, 0.5) is 0 Å². The molecule has 0 saturated carbocycles. The van der Waals surface area contributed by atoms with Crippen LogP contribution in [0.3, 0.4) is 0 Å². The minimum atomic E-state index is -1.15. The van der Waals surface area contributed by atoms with E-state index in [1.54, 1.807) is 13.0 Å². The Morgan fingerprint density at radius 2 is 0.976 bits per heavy atom. The topological polar surface area (TPSA) is 40.5 Å². The summed E-state index contributed by atoms with van der Waals surface area (Å²) in [7, 11) is 0. The number of aliphatic hydroxyl groups is 2. The molecule has 0 aromatic carbocycles. The van der Waals surface area contributed by atoms with E-state index in [-0.39, 0.29) is 0 Å². The maximum Gasteiger partial charge on any atom is 0.101 e. The second kappa shape index (κ2) is 22.4. The van der Waals surface area contributed by atoms with Crippen LogP contribution in [0.25, 0.3) is 0 Å². The molecule has 2 heteroatoms. The Morgan fingerprint density at radius 1 is 0.571 bits per heavy atom. The van der Waals surface area contributed by atoms with Crippen molar-refractivity contribution in [3.8, 4) is 0 Å². The molecule has 0 rings (SSSR count). The number of rotatable bonds is 17. The third-order valence-electron chi connectivity index (χ3n) is 6.48. The zero-order chi connectivity index (χ0) is 32.0. The summed E-state index contributed by atoms with van der Waals surface area (Å²) in [6, 6.07) is 0. The van der Waals surface area contributed by atoms with Gasteiger partial charge in [-0.3, -0.25) is 0 Å². The average molecular weight is 571 g/mol. The summed E-state index contributed by atoms with van der Waals surface area (Å²) in [6.45, 7) is 20.5. The van der Waals surface area contributed by atoms with Gasteiger partial charge in [0.15, 0.2) is 0 Å². The van der Waals surface area contributed by atoms with Crippen LogP contribution in [0.5, 0.6) is 0 Å². The highest BCUT2D eigenvalue weighted by molar-refractivity contribution is 5.32. The van der Waals surface area contributed by atoms with E-state index in [1.165, 1.54) is 27.9 Å². The summed E-state index contributed by atoms with van der Waals surface area (Å²) >= 11 is 0. The van der Waals surface area contributed by atoms with Crippen LogP contribution in [0.1, 0.15) is 94.9 Å². The van der Waals surface area contributed by atoms with E-state index in [1.807, 2.05) is 57.2 Å². The van der Waals surface area contributed by atoms with Gasteiger partial charge in [0.25, 0.3) is 0 Å². The Morgan fingerprint density at radius 3 is 1.45 bits per heavy atom. The molecule has 0 aliphatic heterocycles. The maximum atomic E-state index is 10.5. The van der Waals surface area contributed by atoms with Gasteiger partial charge >= 0.3 is 0 Å². The van der Waals surface area contributed by atoms with Crippen molar-refractivity contribution in [3.05, 3.63) is 142 Å². The summed E-state index contributed by atoms with van der Waals surface area (Å²) in [5.41, 5.74) is 7.37.